The van der Waals surface area contributed by atoms with E-state index in [9.17, 15) is 4.79 Å². The van der Waals surface area contributed by atoms with Crippen LogP contribution in [0.15, 0.2) is 0 Å². The highest BCUT2D eigenvalue weighted by molar-refractivity contribution is 5.85. The molecule has 2 atom stereocenters. The number of hydrogen-bond acceptors (Lipinski definition) is 2. The van der Waals surface area contributed by atoms with Crippen LogP contribution >= 0.6 is 0 Å². The molecule has 0 aromatic rings. The van der Waals surface area contributed by atoms with Crippen LogP contribution in [0.4, 0.5) is 0 Å². The molecule has 1 saturated heterocycles. The summed E-state index contributed by atoms with van der Waals surface area (Å²) >= 11 is 0. The van der Waals surface area contributed by atoms with Crippen molar-refractivity contribution in [2.24, 2.45) is 17.3 Å². The SMILES string of the molecule is CC[C@@H](C)C(=O)C(C)(C)C[C@H]1CCOC1. The number of carbonyl (C=O) groups excluding carboxylic acids is 1. The average Bonchev–Trinajstić information content (AvgIpc) is 2.67. The summed E-state index contributed by atoms with van der Waals surface area (Å²) in [7, 11) is 0. The van der Waals surface area contributed by atoms with Crippen LogP contribution in [-0.4, -0.2) is 19.0 Å². The second-order valence-electron chi connectivity index (χ2n) is 5.49. The third-order valence-electron chi connectivity index (χ3n) is 3.55. The first-order chi connectivity index (χ1) is 6.97. The Morgan fingerprint density at radius 2 is 2.20 bits per heavy atom. The molecule has 0 spiro atoms. The fourth-order valence-electron chi connectivity index (χ4n) is 2.42. The zero-order chi connectivity index (χ0) is 11.5. The Kier molecular flexibility index (Phi) is 4.32. The molecule has 88 valence electrons. The minimum Gasteiger partial charge on any atom is -0.381 e. The molecule has 15 heavy (non-hydrogen) atoms. The lowest BCUT2D eigenvalue weighted by atomic mass is 9.74. The summed E-state index contributed by atoms with van der Waals surface area (Å²) in [6.07, 6.45) is 3.05. The molecule has 0 aromatic heterocycles. The second-order valence-corrected chi connectivity index (χ2v) is 5.49. The van der Waals surface area contributed by atoms with Gasteiger partial charge in [-0.3, -0.25) is 4.79 Å². The summed E-state index contributed by atoms with van der Waals surface area (Å²) in [6, 6.07) is 0. The van der Waals surface area contributed by atoms with Crippen LogP contribution in [0.5, 0.6) is 0 Å². The molecule has 0 bridgehead atoms. The van der Waals surface area contributed by atoms with Gasteiger partial charge in [-0.05, 0) is 25.2 Å². The molecule has 0 amide bonds. The van der Waals surface area contributed by atoms with Crippen molar-refractivity contribution in [3.63, 3.8) is 0 Å². The molecule has 1 aliphatic heterocycles. The molecule has 0 aliphatic carbocycles. The second kappa shape index (κ2) is 5.11. The Bertz CT molecular complexity index is 215. The van der Waals surface area contributed by atoms with E-state index in [0.29, 0.717) is 11.7 Å². The van der Waals surface area contributed by atoms with E-state index in [4.69, 9.17) is 4.74 Å². The molecule has 0 saturated carbocycles. The topological polar surface area (TPSA) is 26.3 Å². The van der Waals surface area contributed by atoms with Gasteiger partial charge in [-0.25, -0.2) is 0 Å². The number of ether oxygens (including phenoxy) is 1. The Balaban J connectivity index is 2.52. The van der Waals surface area contributed by atoms with Crippen LogP contribution in [0.2, 0.25) is 0 Å². The first-order valence-corrected chi connectivity index (χ1v) is 6.09. The fraction of sp³-hybridized carbons (Fsp3) is 0.923. The molecule has 1 rings (SSSR count). The molecule has 2 nitrogen and oxygen atoms in total. The predicted molar refractivity (Wildman–Crippen MR) is 61.8 cm³/mol. The van der Waals surface area contributed by atoms with Gasteiger partial charge >= 0.3 is 0 Å². The molecule has 2 heteroatoms. The molecule has 0 unspecified atom stereocenters. The Morgan fingerprint density at radius 3 is 2.67 bits per heavy atom. The minimum absolute atomic E-state index is 0.173. The quantitative estimate of drug-likeness (QED) is 0.700. The highest BCUT2D eigenvalue weighted by Crippen LogP contribution is 2.33. The first-order valence-electron chi connectivity index (χ1n) is 6.09. The van der Waals surface area contributed by atoms with Crippen LogP contribution in [0.3, 0.4) is 0 Å². The Labute approximate surface area is 93.4 Å². The van der Waals surface area contributed by atoms with Gasteiger partial charge < -0.3 is 4.74 Å². The number of carbonyl (C=O) groups is 1. The monoisotopic (exact) mass is 212 g/mol. The van der Waals surface area contributed by atoms with E-state index < -0.39 is 0 Å². The van der Waals surface area contributed by atoms with E-state index in [2.05, 4.69) is 20.8 Å². The summed E-state index contributed by atoms with van der Waals surface area (Å²) in [6.45, 7) is 10.0. The number of Topliss-reactive ketones (excluding diaryl/α,β-unsaturated/α-hetero) is 1. The van der Waals surface area contributed by atoms with Gasteiger partial charge in [-0.15, -0.1) is 0 Å². The van der Waals surface area contributed by atoms with Crippen molar-refractivity contribution in [2.45, 2.75) is 47.0 Å². The van der Waals surface area contributed by atoms with Gasteiger partial charge in [0.15, 0.2) is 0 Å². The average molecular weight is 212 g/mol. The number of ketones is 1. The van der Waals surface area contributed by atoms with Crippen LogP contribution in [-0.2, 0) is 9.53 Å². The van der Waals surface area contributed by atoms with Gasteiger partial charge in [-0.1, -0.05) is 27.7 Å². The minimum atomic E-state index is -0.173. The van der Waals surface area contributed by atoms with Gasteiger partial charge in [0, 0.05) is 24.5 Å². The Hall–Kier alpha value is -0.370. The van der Waals surface area contributed by atoms with Gasteiger partial charge in [0.2, 0.25) is 0 Å². The highest BCUT2D eigenvalue weighted by Gasteiger charge is 2.34. The molecule has 0 aromatic carbocycles. The Morgan fingerprint density at radius 1 is 1.53 bits per heavy atom. The van der Waals surface area contributed by atoms with Crippen molar-refractivity contribution >= 4 is 5.78 Å². The molecular formula is C13H24O2. The third kappa shape index (κ3) is 3.30. The number of rotatable bonds is 5. The fourth-order valence-corrected chi connectivity index (χ4v) is 2.42. The van der Waals surface area contributed by atoms with E-state index >= 15 is 0 Å². The number of hydrogen-bond donors (Lipinski definition) is 0. The standard InChI is InChI=1S/C13H24O2/c1-5-10(2)12(14)13(3,4)8-11-6-7-15-9-11/h10-11H,5-9H2,1-4H3/t10-,11-/m1/s1. The zero-order valence-electron chi connectivity index (χ0n) is 10.5. The molecular weight excluding hydrogens is 188 g/mol. The van der Waals surface area contributed by atoms with Crippen molar-refractivity contribution < 1.29 is 9.53 Å². The van der Waals surface area contributed by atoms with Crippen molar-refractivity contribution in [1.29, 1.82) is 0 Å². The van der Waals surface area contributed by atoms with E-state index in [0.717, 1.165) is 32.5 Å². The van der Waals surface area contributed by atoms with Crippen LogP contribution in [0.1, 0.15) is 47.0 Å². The molecule has 1 fully saturated rings. The smallest absolute Gasteiger partial charge is 0.141 e. The van der Waals surface area contributed by atoms with E-state index in [-0.39, 0.29) is 11.3 Å². The summed E-state index contributed by atoms with van der Waals surface area (Å²) in [5, 5.41) is 0. The van der Waals surface area contributed by atoms with Gasteiger partial charge in [0.25, 0.3) is 0 Å². The van der Waals surface area contributed by atoms with Gasteiger partial charge in [0.05, 0.1) is 0 Å². The molecule has 1 aliphatic rings. The maximum absolute atomic E-state index is 12.1. The summed E-state index contributed by atoms with van der Waals surface area (Å²) < 4.78 is 5.36. The van der Waals surface area contributed by atoms with Gasteiger partial charge in [0.1, 0.15) is 5.78 Å². The third-order valence-corrected chi connectivity index (χ3v) is 3.55. The largest absolute Gasteiger partial charge is 0.381 e. The summed E-state index contributed by atoms with van der Waals surface area (Å²) in [4.78, 5) is 12.1. The van der Waals surface area contributed by atoms with Crippen molar-refractivity contribution in [2.75, 3.05) is 13.2 Å². The van der Waals surface area contributed by atoms with Crippen LogP contribution < -0.4 is 0 Å². The maximum Gasteiger partial charge on any atom is 0.141 e. The normalized spacial score (nSPS) is 24.1. The summed E-state index contributed by atoms with van der Waals surface area (Å²) in [5.41, 5.74) is -0.173. The van der Waals surface area contributed by atoms with Crippen LogP contribution in [0.25, 0.3) is 0 Å². The highest BCUT2D eigenvalue weighted by atomic mass is 16.5. The summed E-state index contributed by atoms with van der Waals surface area (Å²) in [5.74, 6) is 1.20. The zero-order valence-corrected chi connectivity index (χ0v) is 10.5. The maximum atomic E-state index is 12.1. The van der Waals surface area contributed by atoms with Crippen LogP contribution in [0, 0.1) is 17.3 Å². The lowest BCUT2D eigenvalue weighted by molar-refractivity contribution is -0.131. The van der Waals surface area contributed by atoms with Crippen molar-refractivity contribution in [1.82, 2.24) is 0 Å². The van der Waals surface area contributed by atoms with Gasteiger partial charge in [-0.2, -0.15) is 0 Å². The molecule has 0 N–H and O–H groups in total. The first kappa shape index (κ1) is 12.7. The molecule has 1 heterocycles. The molecule has 0 radical (unpaired) electrons. The lowest BCUT2D eigenvalue weighted by Gasteiger charge is -2.28. The van der Waals surface area contributed by atoms with E-state index in [1.165, 1.54) is 0 Å². The van der Waals surface area contributed by atoms with Crippen molar-refractivity contribution in [3.05, 3.63) is 0 Å². The van der Waals surface area contributed by atoms with E-state index in [1.807, 2.05) is 6.92 Å². The predicted octanol–water partition coefficient (Wildman–Crippen LogP) is 3.05. The van der Waals surface area contributed by atoms with Crippen molar-refractivity contribution in [3.8, 4) is 0 Å². The van der Waals surface area contributed by atoms with E-state index in [1.54, 1.807) is 0 Å². The lowest BCUT2D eigenvalue weighted by Crippen LogP contribution is -2.31.